The number of hydrogen-bond donors (Lipinski definition) is 1. The quantitative estimate of drug-likeness (QED) is 0.927. The van der Waals surface area contributed by atoms with Gasteiger partial charge in [-0.15, -0.1) is 0 Å². The van der Waals surface area contributed by atoms with Crippen LogP contribution in [0.5, 0.6) is 0 Å². The topological polar surface area (TPSA) is 54.5 Å². The Bertz CT molecular complexity index is 473. The lowest BCUT2D eigenvalue weighted by atomic mass is 10.1. The SMILES string of the molecule is CCNc1ncc(C(=O)N2CCC(OC)CC2)cc1Cl. The van der Waals surface area contributed by atoms with E-state index in [0.717, 1.165) is 19.4 Å². The van der Waals surface area contributed by atoms with E-state index < -0.39 is 0 Å². The van der Waals surface area contributed by atoms with E-state index in [-0.39, 0.29) is 12.0 Å². The zero-order chi connectivity index (χ0) is 14.5. The van der Waals surface area contributed by atoms with Crippen molar-refractivity contribution >= 4 is 23.3 Å². The van der Waals surface area contributed by atoms with Crippen molar-refractivity contribution in [2.75, 3.05) is 32.1 Å². The Hall–Kier alpha value is -1.33. The second kappa shape index (κ2) is 6.90. The number of ether oxygens (including phenoxy) is 1. The maximum Gasteiger partial charge on any atom is 0.255 e. The maximum absolute atomic E-state index is 12.4. The van der Waals surface area contributed by atoms with E-state index >= 15 is 0 Å². The van der Waals surface area contributed by atoms with Gasteiger partial charge >= 0.3 is 0 Å². The number of carbonyl (C=O) groups excluding carboxylic acids is 1. The van der Waals surface area contributed by atoms with E-state index in [0.29, 0.717) is 29.5 Å². The monoisotopic (exact) mass is 297 g/mol. The van der Waals surface area contributed by atoms with Crippen molar-refractivity contribution < 1.29 is 9.53 Å². The van der Waals surface area contributed by atoms with Crippen LogP contribution in [0.15, 0.2) is 12.3 Å². The van der Waals surface area contributed by atoms with Crippen molar-refractivity contribution in [3.8, 4) is 0 Å². The third kappa shape index (κ3) is 3.41. The van der Waals surface area contributed by atoms with Gasteiger partial charge in [-0.05, 0) is 25.8 Å². The highest BCUT2D eigenvalue weighted by Crippen LogP contribution is 2.22. The van der Waals surface area contributed by atoms with Gasteiger partial charge in [0.15, 0.2) is 0 Å². The molecule has 0 atom stereocenters. The number of halogens is 1. The van der Waals surface area contributed by atoms with E-state index in [4.69, 9.17) is 16.3 Å². The fourth-order valence-electron chi connectivity index (χ4n) is 2.33. The number of piperidine rings is 1. The Balaban J connectivity index is 2.04. The van der Waals surface area contributed by atoms with Gasteiger partial charge in [-0.2, -0.15) is 0 Å². The average molecular weight is 298 g/mol. The fourth-order valence-corrected chi connectivity index (χ4v) is 2.56. The molecule has 1 saturated heterocycles. The van der Waals surface area contributed by atoms with Gasteiger partial charge in [-0.3, -0.25) is 4.79 Å². The Kier molecular flexibility index (Phi) is 5.20. The molecule has 0 bridgehead atoms. The first-order chi connectivity index (χ1) is 9.65. The van der Waals surface area contributed by atoms with Gasteiger partial charge in [-0.1, -0.05) is 11.6 Å². The van der Waals surface area contributed by atoms with Crippen molar-refractivity contribution in [1.29, 1.82) is 0 Å². The molecule has 1 amide bonds. The van der Waals surface area contributed by atoms with Crippen LogP contribution in [-0.4, -0.2) is 48.6 Å². The molecule has 1 aromatic heterocycles. The Morgan fingerprint density at radius 1 is 1.55 bits per heavy atom. The van der Waals surface area contributed by atoms with E-state index in [2.05, 4.69) is 10.3 Å². The Labute approximate surface area is 124 Å². The number of nitrogens with one attached hydrogen (secondary N) is 1. The molecule has 20 heavy (non-hydrogen) atoms. The third-order valence-corrected chi connectivity index (χ3v) is 3.78. The zero-order valence-electron chi connectivity index (χ0n) is 11.9. The van der Waals surface area contributed by atoms with Gasteiger partial charge in [0.25, 0.3) is 5.91 Å². The second-order valence-corrected chi connectivity index (χ2v) is 5.22. The van der Waals surface area contributed by atoms with Crippen LogP contribution in [0, 0.1) is 0 Å². The van der Waals surface area contributed by atoms with E-state index in [9.17, 15) is 4.79 Å². The van der Waals surface area contributed by atoms with E-state index in [1.54, 1.807) is 19.4 Å². The lowest BCUT2D eigenvalue weighted by Gasteiger charge is -2.31. The highest BCUT2D eigenvalue weighted by molar-refractivity contribution is 6.33. The van der Waals surface area contributed by atoms with Crippen LogP contribution in [-0.2, 0) is 4.74 Å². The summed E-state index contributed by atoms with van der Waals surface area (Å²) in [5, 5.41) is 3.53. The van der Waals surface area contributed by atoms with Gasteiger partial charge in [0.05, 0.1) is 16.7 Å². The number of hydrogen-bond acceptors (Lipinski definition) is 4. The van der Waals surface area contributed by atoms with Crippen LogP contribution in [0.4, 0.5) is 5.82 Å². The normalized spacial score (nSPS) is 16.2. The van der Waals surface area contributed by atoms with Gasteiger partial charge in [0.1, 0.15) is 5.82 Å². The number of likely N-dealkylation sites (tertiary alicyclic amines) is 1. The molecule has 110 valence electrons. The molecule has 5 nitrogen and oxygen atoms in total. The Morgan fingerprint density at radius 3 is 2.80 bits per heavy atom. The minimum atomic E-state index is -0.0167. The fraction of sp³-hybridized carbons (Fsp3) is 0.571. The van der Waals surface area contributed by atoms with Crippen LogP contribution in [0.2, 0.25) is 5.02 Å². The molecule has 1 aliphatic rings. The molecule has 1 fully saturated rings. The lowest BCUT2D eigenvalue weighted by Crippen LogP contribution is -2.40. The van der Waals surface area contributed by atoms with Crippen LogP contribution in [0.25, 0.3) is 0 Å². The molecule has 0 unspecified atom stereocenters. The second-order valence-electron chi connectivity index (χ2n) is 4.81. The van der Waals surface area contributed by atoms with Gasteiger partial charge in [0, 0.05) is 32.9 Å². The molecular weight excluding hydrogens is 278 g/mol. The number of aromatic nitrogens is 1. The zero-order valence-corrected chi connectivity index (χ0v) is 12.6. The standard InChI is InChI=1S/C14H20ClN3O2/c1-3-16-13-12(15)8-10(9-17-13)14(19)18-6-4-11(20-2)5-7-18/h8-9,11H,3-7H2,1-2H3,(H,16,17). The van der Waals surface area contributed by atoms with Gasteiger partial charge in [-0.25, -0.2) is 4.98 Å². The molecule has 2 rings (SSSR count). The molecule has 1 N–H and O–H groups in total. The first-order valence-electron chi connectivity index (χ1n) is 6.87. The first kappa shape index (κ1) is 15.1. The van der Waals surface area contributed by atoms with Crippen LogP contribution in [0.3, 0.4) is 0 Å². The van der Waals surface area contributed by atoms with Crippen LogP contribution >= 0.6 is 11.6 Å². The van der Waals surface area contributed by atoms with Crippen molar-refractivity contribution in [3.63, 3.8) is 0 Å². The van der Waals surface area contributed by atoms with Gasteiger partial charge in [0.2, 0.25) is 0 Å². The summed E-state index contributed by atoms with van der Waals surface area (Å²) in [5.41, 5.74) is 0.535. The first-order valence-corrected chi connectivity index (χ1v) is 7.25. The highest BCUT2D eigenvalue weighted by atomic mass is 35.5. The number of nitrogens with zero attached hydrogens (tertiary/aromatic N) is 2. The summed E-state index contributed by atoms with van der Waals surface area (Å²) in [6, 6.07) is 1.68. The molecule has 0 aliphatic carbocycles. The average Bonchev–Trinajstić information content (AvgIpc) is 2.49. The number of rotatable bonds is 4. The number of amides is 1. The van der Waals surface area contributed by atoms with Crippen LogP contribution < -0.4 is 5.32 Å². The number of carbonyl (C=O) groups is 1. The summed E-state index contributed by atoms with van der Waals surface area (Å²) in [4.78, 5) is 18.4. The lowest BCUT2D eigenvalue weighted by molar-refractivity contribution is 0.0350. The summed E-state index contributed by atoms with van der Waals surface area (Å²) < 4.78 is 5.31. The number of methoxy groups -OCH3 is 1. The summed E-state index contributed by atoms with van der Waals surface area (Å²) in [7, 11) is 1.71. The van der Waals surface area contributed by atoms with Gasteiger partial charge < -0.3 is 15.0 Å². The Morgan fingerprint density at radius 2 is 2.25 bits per heavy atom. The molecule has 6 heteroatoms. The molecule has 0 spiro atoms. The predicted octanol–water partition coefficient (Wildman–Crippen LogP) is 2.42. The smallest absolute Gasteiger partial charge is 0.255 e. The number of anilines is 1. The summed E-state index contributed by atoms with van der Waals surface area (Å²) in [5.74, 6) is 0.598. The minimum absolute atomic E-state index is 0.0167. The third-order valence-electron chi connectivity index (χ3n) is 3.49. The molecule has 0 saturated carbocycles. The molecular formula is C14H20ClN3O2. The summed E-state index contributed by atoms with van der Waals surface area (Å²) in [6.45, 7) is 4.13. The van der Waals surface area contributed by atoms with E-state index in [1.165, 1.54) is 0 Å². The number of pyridine rings is 1. The largest absolute Gasteiger partial charge is 0.381 e. The van der Waals surface area contributed by atoms with Crippen LogP contribution in [0.1, 0.15) is 30.1 Å². The van der Waals surface area contributed by atoms with Crippen molar-refractivity contribution in [3.05, 3.63) is 22.8 Å². The minimum Gasteiger partial charge on any atom is -0.381 e. The van der Waals surface area contributed by atoms with Crippen molar-refractivity contribution in [2.45, 2.75) is 25.9 Å². The van der Waals surface area contributed by atoms with Crippen molar-refractivity contribution in [2.24, 2.45) is 0 Å². The molecule has 0 aromatic carbocycles. The summed E-state index contributed by atoms with van der Waals surface area (Å²) in [6.07, 6.45) is 3.59. The maximum atomic E-state index is 12.4. The van der Waals surface area contributed by atoms with E-state index in [1.807, 2.05) is 11.8 Å². The predicted molar refractivity (Wildman–Crippen MR) is 79.3 cm³/mol. The molecule has 1 aliphatic heterocycles. The molecule has 0 radical (unpaired) electrons. The molecule has 1 aromatic rings. The summed E-state index contributed by atoms with van der Waals surface area (Å²) >= 11 is 6.12. The van der Waals surface area contributed by atoms with Crippen molar-refractivity contribution in [1.82, 2.24) is 9.88 Å². The molecule has 2 heterocycles. The highest BCUT2D eigenvalue weighted by Gasteiger charge is 2.24.